The minimum Gasteiger partial charge on any atom is -0.465 e. The molecule has 0 amide bonds. The van der Waals surface area contributed by atoms with Crippen LogP contribution >= 0.6 is 0 Å². The van der Waals surface area contributed by atoms with E-state index in [4.69, 9.17) is 0 Å². The molecule has 0 unspecified atom stereocenters. The van der Waals surface area contributed by atoms with Gasteiger partial charge in [0.15, 0.2) is 0 Å². The SMILES string of the molecule is COC(=O)c1ccc(C=NCCN=Cc2ccc(C(=O)OC)cc2)cc1. The van der Waals surface area contributed by atoms with Crippen molar-refractivity contribution in [1.82, 2.24) is 0 Å². The number of benzene rings is 2. The fraction of sp³-hybridized carbons (Fsp3) is 0.200. The number of hydrogen-bond acceptors (Lipinski definition) is 6. The van der Waals surface area contributed by atoms with Crippen LogP contribution in [0, 0.1) is 0 Å². The summed E-state index contributed by atoms with van der Waals surface area (Å²) in [5, 5.41) is 0. The largest absolute Gasteiger partial charge is 0.465 e. The lowest BCUT2D eigenvalue weighted by Crippen LogP contribution is -2.01. The number of methoxy groups -OCH3 is 2. The van der Waals surface area contributed by atoms with E-state index < -0.39 is 0 Å². The predicted octanol–water partition coefficient (Wildman–Crippen LogP) is 2.80. The number of rotatable bonds is 7. The van der Waals surface area contributed by atoms with Gasteiger partial charge in [-0.15, -0.1) is 0 Å². The zero-order valence-corrected chi connectivity index (χ0v) is 14.7. The second-order valence-corrected chi connectivity index (χ2v) is 5.30. The van der Waals surface area contributed by atoms with Crippen molar-refractivity contribution in [3.63, 3.8) is 0 Å². The molecule has 0 saturated carbocycles. The molecule has 0 aliphatic heterocycles. The molecule has 0 atom stereocenters. The van der Waals surface area contributed by atoms with E-state index in [0.717, 1.165) is 11.1 Å². The van der Waals surface area contributed by atoms with Crippen LogP contribution in [0.5, 0.6) is 0 Å². The fourth-order valence-electron chi connectivity index (χ4n) is 2.10. The van der Waals surface area contributed by atoms with Gasteiger partial charge in [0.05, 0.1) is 38.4 Å². The van der Waals surface area contributed by atoms with E-state index in [1.807, 2.05) is 24.3 Å². The average Bonchev–Trinajstić information content (AvgIpc) is 2.70. The first-order chi connectivity index (χ1) is 12.6. The Morgan fingerprint density at radius 2 is 1.08 bits per heavy atom. The third-order valence-electron chi connectivity index (χ3n) is 3.50. The van der Waals surface area contributed by atoms with Crippen LogP contribution in [-0.4, -0.2) is 51.7 Å². The number of carbonyl (C=O) groups excluding carboxylic acids is 2. The molecule has 0 aliphatic carbocycles. The van der Waals surface area contributed by atoms with Crippen LogP contribution in [0.15, 0.2) is 58.5 Å². The van der Waals surface area contributed by atoms with E-state index in [-0.39, 0.29) is 11.9 Å². The van der Waals surface area contributed by atoms with Gasteiger partial charge < -0.3 is 9.47 Å². The molecule has 0 aliphatic rings. The summed E-state index contributed by atoms with van der Waals surface area (Å²) in [6.07, 6.45) is 3.48. The van der Waals surface area contributed by atoms with E-state index in [1.165, 1.54) is 14.2 Å². The first kappa shape index (κ1) is 19.1. The summed E-state index contributed by atoms with van der Waals surface area (Å²) < 4.78 is 9.30. The Kier molecular flexibility index (Phi) is 7.24. The molecule has 6 nitrogen and oxygen atoms in total. The normalized spacial score (nSPS) is 11.0. The summed E-state index contributed by atoms with van der Waals surface area (Å²) in [5.74, 6) is -0.718. The molecule has 0 spiro atoms. The lowest BCUT2D eigenvalue weighted by Gasteiger charge is -1.99. The van der Waals surface area contributed by atoms with Crippen LogP contribution in [0.2, 0.25) is 0 Å². The van der Waals surface area contributed by atoms with Crippen molar-refractivity contribution in [3.05, 3.63) is 70.8 Å². The Labute approximate surface area is 152 Å². The molecule has 6 heteroatoms. The number of hydrogen-bond donors (Lipinski definition) is 0. The number of carbonyl (C=O) groups is 2. The Bertz CT molecular complexity index is 724. The van der Waals surface area contributed by atoms with E-state index in [2.05, 4.69) is 19.5 Å². The van der Waals surface area contributed by atoms with E-state index in [1.54, 1.807) is 36.7 Å². The molecule has 0 heterocycles. The zero-order chi connectivity index (χ0) is 18.8. The maximum Gasteiger partial charge on any atom is 0.337 e. The summed E-state index contributed by atoms with van der Waals surface area (Å²) in [4.78, 5) is 31.3. The molecule has 0 radical (unpaired) electrons. The standard InChI is InChI=1S/C20H20N2O4/c1-25-19(23)17-7-3-15(4-8-17)13-21-11-12-22-14-16-5-9-18(10-6-16)20(24)26-2/h3-10,13-14H,11-12H2,1-2H3. The maximum atomic E-state index is 11.3. The molecule has 0 fully saturated rings. The second kappa shape index (κ2) is 9.88. The van der Waals surface area contributed by atoms with Gasteiger partial charge in [-0.25, -0.2) is 9.59 Å². The number of esters is 2. The van der Waals surface area contributed by atoms with Crippen LogP contribution in [0.1, 0.15) is 31.8 Å². The van der Waals surface area contributed by atoms with Gasteiger partial charge in [0, 0.05) is 12.4 Å². The van der Waals surface area contributed by atoms with Crippen molar-refractivity contribution in [2.45, 2.75) is 0 Å². The Morgan fingerprint density at radius 1 is 0.731 bits per heavy atom. The van der Waals surface area contributed by atoms with Crippen molar-refractivity contribution in [3.8, 4) is 0 Å². The second-order valence-electron chi connectivity index (χ2n) is 5.30. The van der Waals surface area contributed by atoms with Crippen molar-refractivity contribution in [2.24, 2.45) is 9.98 Å². The summed E-state index contributed by atoms with van der Waals surface area (Å²) in [5.41, 5.74) is 2.82. The van der Waals surface area contributed by atoms with Crippen molar-refractivity contribution >= 4 is 24.4 Å². The molecule has 0 saturated heterocycles. The average molecular weight is 352 g/mol. The van der Waals surface area contributed by atoms with Gasteiger partial charge in [0.25, 0.3) is 0 Å². The van der Waals surface area contributed by atoms with E-state index in [0.29, 0.717) is 24.2 Å². The van der Waals surface area contributed by atoms with Crippen LogP contribution in [0.25, 0.3) is 0 Å². The summed E-state index contributed by atoms with van der Waals surface area (Å²) in [7, 11) is 2.71. The molecular weight excluding hydrogens is 332 g/mol. The fourth-order valence-corrected chi connectivity index (χ4v) is 2.10. The number of ether oxygens (including phenoxy) is 2. The lowest BCUT2D eigenvalue weighted by molar-refractivity contribution is 0.0592. The summed E-state index contributed by atoms with van der Waals surface area (Å²) >= 11 is 0. The highest BCUT2D eigenvalue weighted by Crippen LogP contribution is 2.05. The minimum absolute atomic E-state index is 0.359. The smallest absolute Gasteiger partial charge is 0.337 e. The molecule has 26 heavy (non-hydrogen) atoms. The summed E-state index contributed by atoms with van der Waals surface area (Å²) in [6.45, 7) is 1.10. The van der Waals surface area contributed by atoms with E-state index >= 15 is 0 Å². The molecule has 2 rings (SSSR count). The van der Waals surface area contributed by atoms with Crippen LogP contribution in [0.3, 0.4) is 0 Å². The highest BCUT2D eigenvalue weighted by Gasteiger charge is 2.04. The monoisotopic (exact) mass is 352 g/mol. The third kappa shape index (κ3) is 5.66. The van der Waals surface area contributed by atoms with Gasteiger partial charge in [-0.1, -0.05) is 24.3 Å². The minimum atomic E-state index is -0.359. The molecule has 0 bridgehead atoms. The maximum absolute atomic E-state index is 11.3. The van der Waals surface area contributed by atoms with Crippen LogP contribution < -0.4 is 0 Å². The third-order valence-corrected chi connectivity index (χ3v) is 3.50. The van der Waals surface area contributed by atoms with Crippen LogP contribution in [0.4, 0.5) is 0 Å². The molecular formula is C20H20N2O4. The van der Waals surface area contributed by atoms with Crippen molar-refractivity contribution in [2.75, 3.05) is 27.3 Å². The molecule has 134 valence electrons. The van der Waals surface area contributed by atoms with Gasteiger partial charge in [-0.2, -0.15) is 0 Å². The molecule has 0 N–H and O–H groups in total. The van der Waals surface area contributed by atoms with Gasteiger partial charge in [-0.3, -0.25) is 9.98 Å². The molecule has 0 aromatic heterocycles. The first-order valence-electron chi connectivity index (χ1n) is 8.00. The van der Waals surface area contributed by atoms with Gasteiger partial charge in [0.2, 0.25) is 0 Å². The number of aliphatic imine (C=N–C) groups is 2. The Hall–Kier alpha value is -3.28. The van der Waals surface area contributed by atoms with Crippen LogP contribution in [-0.2, 0) is 9.47 Å². The van der Waals surface area contributed by atoms with Gasteiger partial charge in [0.1, 0.15) is 0 Å². The molecule has 2 aromatic carbocycles. The Morgan fingerprint density at radius 3 is 1.38 bits per heavy atom. The van der Waals surface area contributed by atoms with Gasteiger partial charge >= 0.3 is 11.9 Å². The molecule has 2 aromatic rings. The quantitative estimate of drug-likeness (QED) is 0.436. The highest BCUT2D eigenvalue weighted by atomic mass is 16.5. The number of nitrogens with zero attached hydrogens (tertiary/aromatic N) is 2. The van der Waals surface area contributed by atoms with Crippen molar-refractivity contribution < 1.29 is 19.1 Å². The lowest BCUT2D eigenvalue weighted by atomic mass is 10.1. The predicted molar refractivity (Wildman–Crippen MR) is 100 cm³/mol. The zero-order valence-electron chi connectivity index (χ0n) is 14.7. The van der Waals surface area contributed by atoms with Crippen molar-refractivity contribution in [1.29, 1.82) is 0 Å². The summed E-state index contributed by atoms with van der Waals surface area (Å²) in [6, 6.07) is 14.0. The van der Waals surface area contributed by atoms with E-state index in [9.17, 15) is 9.59 Å². The topological polar surface area (TPSA) is 77.3 Å². The Balaban J connectivity index is 1.79. The van der Waals surface area contributed by atoms with Gasteiger partial charge in [-0.05, 0) is 35.4 Å². The first-order valence-corrected chi connectivity index (χ1v) is 8.00. The highest BCUT2D eigenvalue weighted by molar-refractivity contribution is 5.91.